The maximum absolute atomic E-state index is 12.3. The molecular weight excluding hydrogens is 344 g/mol. The number of nitrogens with zero attached hydrogens (tertiary/aromatic N) is 1. The topological polar surface area (TPSA) is 104 Å². The zero-order valence-electron chi connectivity index (χ0n) is 12.8. The zero-order valence-corrected chi connectivity index (χ0v) is 14.4. The van der Waals surface area contributed by atoms with E-state index in [2.05, 4.69) is 5.32 Å². The Labute approximate surface area is 140 Å². The number of amides is 1. The lowest BCUT2D eigenvalue weighted by Crippen LogP contribution is -2.39. The number of halogens is 1. The van der Waals surface area contributed by atoms with E-state index >= 15 is 0 Å². The van der Waals surface area contributed by atoms with Crippen molar-refractivity contribution in [2.45, 2.75) is 18.2 Å². The Balaban J connectivity index is 2.60. The molecule has 128 valence electrons. The normalized spacial score (nSPS) is 12.9. The van der Waals surface area contributed by atoms with Crippen LogP contribution in [0.1, 0.15) is 13.3 Å². The fourth-order valence-electron chi connectivity index (χ4n) is 1.79. The highest BCUT2D eigenvalue weighted by atomic mass is 35.5. The standard InChI is InChI=1S/C14H19ClN2O5S/c1-10(7-14(19)20)8-16-13(18)9-17(2)23(21,22)12-5-3-11(15)4-6-12/h3-6,10H,7-9H2,1-2H3,(H,16,18)(H,19,20). The third-order valence-electron chi connectivity index (χ3n) is 3.06. The number of hydrogen-bond acceptors (Lipinski definition) is 4. The van der Waals surface area contributed by atoms with Crippen molar-refractivity contribution in [3.05, 3.63) is 29.3 Å². The molecule has 0 spiro atoms. The molecule has 0 aliphatic rings. The highest BCUT2D eigenvalue weighted by Crippen LogP contribution is 2.17. The van der Waals surface area contributed by atoms with Crippen LogP contribution in [0.15, 0.2) is 29.2 Å². The van der Waals surface area contributed by atoms with Gasteiger partial charge in [0.05, 0.1) is 11.4 Å². The molecule has 1 aromatic rings. The van der Waals surface area contributed by atoms with Crippen molar-refractivity contribution in [2.75, 3.05) is 20.1 Å². The van der Waals surface area contributed by atoms with Gasteiger partial charge in [0.1, 0.15) is 0 Å². The van der Waals surface area contributed by atoms with Gasteiger partial charge in [-0.05, 0) is 30.2 Å². The molecule has 0 radical (unpaired) electrons. The second-order valence-electron chi connectivity index (χ2n) is 5.22. The summed E-state index contributed by atoms with van der Waals surface area (Å²) in [5.41, 5.74) is 0. The van der Waals surface area contributed by atoms with Gasteiger partial charge in [0.2, 0.25) is 15.9 Å². The molecule has 0 fully saturated rings. The molecule has 1 aromatic carbocycles. The van der Waals surface area contributed by atoms with Crippen LogP contribution in [0.25, 0.3) is 0 Å². The summed E-state index contributed by atoms with van der Waals surface area (Å²) in [5.74, 6) is -1.69. The fourth-order valence-corrected chi connectivity index (χ4v) is 3.04. The first-order valence-corrected chi connectivity index (χ1v) is 8.65. The largest absolute Gasteiger partial charge is 0.481 e. The number of hydrogen-bond donors (Lipinski definition) is 2. The van der Waals surface area contributed by atoms with Crippen LogP contribution >= 0.6 is 11.6 Å². The Morgan fingerprint density at radius 2 is 1.87 bits per heavy atom. The lowest BCUT2D eigenvalue weighted by molar-refractivity contribution is -0.138. The van der Waals surface area contributed by atoms with Crippen molar-refractivity contribution < 1.29 is 23.1 Å². The number of carboxylic acids is 1. The summed E-state index contributed by atoms with van der Waals surface area (Å²) >= 11 is 5.72. The van der Waals surface area contributed by atoms with E-state index in [4.69, 9.17) is 16.7 Å². The minimum atomic E-state index is -3.79. The van der Waals surface area contributed by atoms with Gasteiger partial charge in [0.25, 0.3) is 0 Å². The monoisotopic (exact) mass is 362 g/mol. The van der Waals surface area contributed by atoms with Crippen LogP contribution in [0, 0.1) is 5.92 Å². The van der Waals surface area contributed by atoms with Gasteiger partial charge < -0.3 is 10.4 Å². The van der Waals surface area contributed by atoms with Gasteiger partial charge in [0, 0.05) is 25.0 Å². The maximum Gasteiger partial charge on any atom is 0.303 e. The fraction of sp³-hybridized carbons (Fsp3) is 0.429. The van der Waals surface area contributed by atoms with Crippen LogP contribution in [0.5, 0.6) is 0 Å². The average molecular weight is 363 g/mol. The summed E-state index contributed by atoms with van der Waals surface area (Å²) in [6, 6.07) is 5.63. The van der Waals surface area contributed by atoms with E-state index in [1.54, 1.807) is 6.92 Å². The molecule has 23 heavy (non-hydrogen) atoms. The minimum absolute atomic E-state index is 0.0384. The Bertz CT molecular complexity index is 660. The van der Waals surface area contributed by atoms with Gasteiger partial charge in [-0.3, -0.25) is 9.59 Å². The Kier molecular flexibility index (Phi) is 6.99. The summed E-state index contributed by atoms with van der Waals surface area (Å²) in [7, 11) is -2.49. The van der Waals surface area contributed by atoms with Gasteiger partial charge in [-0.2, -0.15) is 4.31 Å². The van der Waals surface area contributed by atoms with E-state index < -0.39 is 21.9 Å². The number of carbonyl (C=O) groups excluding carboxylic acids is 1. The molecule has 0 bridgehead atoms. The molecule has 1 atom stereocenters. The highest BCUT2D eigenvalue weighted by molar-refractivity contribution is 7.89. The lowest BCUT2D eigenvalue weighted by atomic mass is 10.1. The molecular formula is C14H19ClN2O5S. The number of benzene rings is 1. The predicted molar refractivity (Wildman–Crippen MR) is 85.7 cm³/mol. The number of carbonyl (C=O) groups is 2. The van der Waals surface area contributed by atoms with E-state index in [1.807, 2.05) is 0 Å². The molecule has 0 aromatic heterocycles. The molecule has 7 nitrogen and oxygen atoms in total. The van der Waals surface area contributed by atoms with E-state index in [0.29, 0.717) is 5.02 Å². The van der Waals surface area contributed by atoms with Gasteiger partial charge in [-0.1, -0.05) is 18.5 Å². The molecule has 1 unspecified atom stereocenters. The zero-order chi connectivity index (χ0) is 17.6. The summed E-state index contributed by atoms with van der Waals surface area (Å²) in [4.78, 5) is 22.4. The summed E-state index contributed by atoms with van der Waals surface area (Å²) in [6.45, 7) is 1.49. The SMILES string of the molecule is CC(CNC(=O)CN(C)S(=O)(=O)c1ccc(Cl)cc1)CC(=O)O. The first kappa shape index (κ1) is 19.4. The van der Waals surface area contributed by atoms with Gasteiger partial charge in [-0.15, -0.1) is 0 Å². The Morgan fingerprint density at radius 1 is 1.30 bits per heavy atom. The summed E-state index contributed by atoms with van der Waals surface area (Å²) < 4.78 is 25.5. The van der Waals surface area contributed by atoms with Crippen molar-refractivity contribution in [1.29, 1.82) is 0 Å². The quantitative estimate of drug-likeness (QED) is 0.722. The van der Waals surface area contributed by atoms with Crippen molar-refractivity contribution in [1.82, 2.24) is 9.62 Å². The van der Waals surface area contributed by atoms with Crippen LogP contribution in [-0.2, 0) is 19.6 Å². The molecule has 0 saturated heterocycles. The molecule has 2 N–H and O–H groups in total. The summed E-state index contributed by atoms with van der Waals surface area (Å²) in [6.07, 6.45) is -0.0702. The van der Waals surface area contributed by atoms with E-state index in [0.717, 1.165) is 4.31 Å². The van der Waals surface area contributed by atoms with Crippen molar-refractivity contribution >= 4 is 33.5 Å². The van der Waals surface area contributed by atoms with Crippen molar-refractivity contribution in [2.24, 2.45) is 5.92 Å². The number of nitrogens with one attached hydrogen (secondary N) is 1. The van der Waals surface area contributed by atoms with Crippen LogP contribution in [0.3, 0.4) is 0 Å². The Morgan fingerprint density at radius 3 is 2.39 bits per heavy atom. The van der Waals surface area contributed by atoms with Crippen molar-refractivity contribution in [3.63, 3.8) is 0 Å². The Hall–Kier alpha value is -1.64. The van der Waals surface area contributed by atoms with Crippen LogP contribution < -0.4 is 5.32 Å². The van der Waals surface area contributed by atoms with Gasteiger partial charge >= 0.3 is 5.97 Å². The molecule has 1 rings (SSSR count). The van der Waals surface area contributed by atoms with Crippen LogP contribution in [-0.4, -0.2) is 49.8 Å². The molecule has 0 saturated carbocycles. The molecule has 1 amide bonds. The smallest absolute Gasteiger partial charge is 0.303 e. The van der Waals surface area contributed by atoms with E-state index in [9.17, 15) is 18.0 Å². The molecule has 9 heteroatoms. The first-order valence-electron chi connectivity index (χ1n) is 6.83. The predicted octanol–water partition coefficient (Wildman–Crippen LogP) is 1.19. The third kappa shape index (κ3) is 6.17. The first-order chi connectivity index (χ1) is 10.6. The number of rotatable bonds is 8. The number of likely N-dealkylation sites (N-methyl/N-ethyl adjacent to an activating group) is 1. The molecule has 0 heterocycles. The second kappa shape index (κ2) is 8.28. The number of sulfonamides is 1. The van der Waals surface area contributed by atoms with E-state index in [-0.39, 0.29) is 30.3 Å². The summed E-state index contributed by atoms with van der Waals surface area (Å²) in [5, 5.41) is 11.6. The number of aliphatic carboxylic acids is 1. The molecule has 0 aliphatic heterocycles. The van der Waals surface area contributed by atoms with E-state index in [1.165, 1.54) is 31.3 Å². The highest BCUT2D eigenvalue weighted by Gasteiger charge is 2.23. The van der Waals surface area contributed by atoms with Gasteiger partial charge in [0.15, 0.2) is 0 Å². The van der Waals surface area contributed by atoms with Gasteiger partial charge in [-0.25, -0.2) is 8.42 Å². The van der Waals surface area contributed by atoms with Crippen molar-refractivity contribution in [3.8, 4) is 0 Å². The third-order valence-corrected chi connectivity index (χ3v) is 5.13. The maximum atomic E-state index is 12.3. The van der Waals surface area contributed by atoms with Crippen LogP contribution in [0.2, 0.25) is 5.02 Å². The number of carboxylic acid groups (broad SMARTS) is 1. The van der Waals surface area contributed by atoms with Crippen LogP contribution in [0.4, 0.5) is 0 Å². The minimum Gasteiger partial charge on any atom is -0.481 e. The lowest BCUT2D eigenvalue weighted by Gasteiger charge is -2.17. The molecule has 0 aliphatic carbocycles. The second-order valence-corrected chi connectivity index (χ2v) is 7.70. The average Bonchev–Trinajstić information content (AvgIpc) is 2.44.